The van der Waals surface area contributed by atoms with Crippen molar-refractivity contribution in [1.29, 1.82) is 0 Å². The number of alkyl halides is 3. The highest BCUT2D eigenvalue weighted by molar-refractivity contribution is 6.08. The molecule has 2 heterocycles. The summed E-state index contributed by atoms with van der Waals surface area (Å²) < 4.78 is 59.7. The number of nitrogens with one attached hydrogen (secondary N) is 1. The van der Waals surface area contributed by atoms with E-state index in [0.717, 1.165) is 31.6 Å². The number of rotatable bonds is 4. The van der Waals surface area contributed by atoms with Crippen LogP contribution in [0.15, 0.2) is 41.4 Å². The molecule has 32 heavy (non-hydrogen) atoms. The molecular formula is C23H26F4N4O. The molecule has 2 aromatic rings. The van der Waals surface area contributed by atoms with E-state index >= 15 is 0 Å². The standard InChI is InChI=1S/C23H26F4N4O/c1-3-30-9-10-31(14-17(30)8-11-32-2)22-18-12-15(23(25,26)27)4-6-19(18)28-20-7-5-16(24)13-21(20)29-22/h4-7,12-13,17,28H,3,8-11,14H2,1-2H3/t17-/m0/s1. The van der Waals surface area contributed by atoms with Gasteiger partial charge in [-0.1, -0.05) is 6.92 Å². The molecule has 2 aromatic carbocycles. The highest BCUT2D eigenvalue weighted by Crippen LogP contribution is 2.38. The van der Waals surface area contributed by atoms with Gasteiger partial charge in [0.25, 0.3) is 0 Å². The van der Waals surface area contributed by atoms with Crippen LogP contribution in [-0.4, -0.2) is 61.6 Å². The minimum atomic E-state index is -4.48. The first-order chi connectivity index (χ1) is 15.3. The molecule has 0 saturated carbocycles. The van der Waals surface area contributed by atoms with Crippen molar-refractivity contribution in [2.75, 3.05) is 45.2 Å². The maximum atomic E-state index is 14.0. The number of hydrogen-bond acceptors (Lipinski definition) is 5. The number of nitrogens with zero attached hydrogens (tertiary/aromatic N) is 3. The van der Waals surface area contributed by atoms with E-state index in [1.54, 1.807) is 13.2 Å². The molecule has 0 bridgehead atoms. The van der Waals surface area contributed by atoms with E-state index in [4.69, 9.17) is 4.74 Å². The van der Waals surface area contributed by atoms with Crippen LogP contribution in [0.5, 0.6) is 0 Å². The van der Waals surface area contributed by atoms with Gasteiger partial charge in [0.2, 0.25) is 0 Å². The predicted molar refractivity (Wildman–Crippen MR) is 116 cm³/mol. The Hall–Kier alpha value is -2.65. The van der Waals surface area contributed by atoms with Crippen molar-refractivity contribution in [3.63, 3.8) is 0 Å². The number of benzene rings is 2. The Labute approximate surface area is 184 Å². The van der Waals surface area contributed by atoms with Gasteiger partial charge in [-0.25, -0.2) is 9.38 Å². The Morgan fingerprint density at radius 3 is 2.62 bits per heavy atom. The number of ether oxygens (including phenoxy) is 1. The Morgan fingerprint density at radius 2 is 1.91 bits per heavy atom. The molecule has 0 spiro atoms. The number of piperazine rings is 1. The first-order valence-corrected chi connectivity index (χ1v) is 10.6. The zero-order valence-electron chi connectivity index (χ0n) is 18.0. The molecule has 1 N–H and O–H groups in total. The maximum Gasteiger partial charge on any atom is 0.416 e. The van der Waals surface area contributed by atoms with Crippen LogP contribution in [0.25, 0.3) is 0 Å². The number of amidine groups is 1. The number of anilines is 2. The third-order valence-electron chi connectivity index (χ3n) is 6.01. The molecule has 0 unspecified atom stereocenters. The largest absolute Gasteiger partial charge is 0.416 e. The highest BCUT2D eigenvalue weighted by Gasteiger charge is 2.34. The van der Waals surface area contributed by atoms with Crippen LogP contribution in [-0.2, 0) is 10.9 Å². The minimum Gasteiger partial charge on any atom is -0.385 e. The first kappa shape index (κ1) is 22.5. The van der Waals surface area contributed by atoms with Crippen LogP contribution in [0.4, 0.5) is 34.6 Å². The summed E-state index contributed by atoms with van der Waals surface area (Å²) in [6, 6.07) is 7.91. The Kier molecular flexibility index (Phi) is 6.39. The van der Waals surface area contributed by atoms with Gasteiger partial charge in [-0.3, -0.25) is 4.90 Å². The smallest absolute Gasteiger partial charge is 0.385 e. The van der Waals surface area contributed by atoms with Crippen molar-refractivity contribution < 1.29 is 22.3 Å². The Morgan fingerprint density at radius 1 is 1.12 bits per heavy atom. The van der Waals surface area contributed by atoms with Crippen molar-refractivity contribution in [1.82, 2.24) is 9.80 Å². The van der Waals surface area contributed by atoms with Crippen LogP contribution in [0.3, 0.4) is 0 Å². The lowest BCUT2D eigenvalue weighted by molar-refractivity contribution is -0.137. The van der Waals surface area contributed by atoms with Crippen molar-refractivity contribution >= 4 is 22.9 Å². The molecule has 2 aliphatic rings. The number of likely N-dealkylation sites (N-methyl/N-ethyl adjacent to an activating group) is 1. The number of hydrogen-bond donors (Lipinski definition) is 1. The fraction of sp³-hybridized carbons (Fsp3) is 0.435. The molecule has 9 heteroatoms. The first-order valence-electron chi connectivity index (χ1n) is 10.6. The fourth-order valence-corrected chi connectivity index (χ4v) is 4.31. The maximum absolute atomic E-state index is 14.0. The van der Waals surface area contributed by atoms with Crippen LogP contribution in [0.2, 0.25) is 0 Å². The van der Waals surface area contributed by atoms with E-state index in [0.29, 0.717) is 48.2 Å². The monoisotopic (exact) mass is 450 g/mol. The zero-order chi connectivity index (χ0) is 22.9. The molecule has 1 fully saturated rings. The van der Waals surface area contributed by atoms with Gasteiger partial charge >= 0.3 is 6.18 Å². The third-order valence-corrected chi connectivity index (χ3v) is 6.01. The van der Waals surface area contributed by atoms with Crippen LogP contribution >= 0.6 is 0 Å². The molecule has 4 rings (SSSR count). The molecular weight excluding hydrogens is 424 g/mol. The number of aliphatic imine (C=N–C) groups is 1. The van der Waals surface area contributed by atoms with Gasteiger partial charge in [0.1, 0.15) is 11.7 Å². The van der Waals surface area contributed by atoms with Crippen LogP contribution < -0.4 is 5.32 Å². The summed E-state index contributed by atoms with van der Waals surface area (Å²) >= 11 is 0. The summed E-state index contributed by atoms with van der Waals surface area (Å²) in [5.74, 6) is -0.0366. The molecule has 172 valence electrons. The number of halogens is 4. The van der Waals surface area contributed by atoms with Crippen molar-refractivity contribution in [3.05, 3.63) is 53.3 Å². The predicted octanol–water partition coefficient (Wildman–Crippen LogP) is 5.02. The average Bonchev–Trinajstić information content (AvgIpc) is 2.92. The third kappa shape index (κ3) is 4.59. The van der Waals surface area contributed by atoms with Crippen molar-refractivity contribution in [3.8, 4) is 0 Å². The fourth-order valence-electron chi connectivity index (χ4n) is 4.31. The van der Waals surface area contributed by atoms with Gasteiger partial charge in [0.15, 0.2) is 0 Å². The van der Waals surface area contributed by atoms with Gasteiger partial charge in [-0.2, -0.15) is 13.2 Å². The Bertz CT molecular complexity index is 1010. The van der Waals surface area contributed by atoms with Crippen LogP contribution in [0, 0.1) is 5.82 Å². The molecule has 5 nitrogen and oxygen atoms in total. The average molecular weight is 450 g/mol. The number of fused-ring (bicyclic) bond motifs is 2. The Balaban J connectivity index is 1.79. The summed E-state index contributed by atoms with van der Waals surface area (Å²) in [4.78, 5) is 9.02. The molecule has 0 radical (unpaired) electrons. The summed E-state index contributed by atoms with van der Waals surface area (Å²) in [6.45, 7) is 5.51. The van der Waals surface area contributed by atoms with E-state index in [1.165, 1.54) is 18.2 Å². The number of methoxy groups -OCH3 is 1. The summed E-state index contributed by atoms with van der Waals surface area (Å²) in [5.41, 5.74) is 1.02. The van der Waals surface area contributed by atoms with E-state index < -0.39 is 17.6 Å². The van der Waals surface area contributed by atoms with Gasteiger partial charge in [0.05, 0.1) is 16.9 Å². The molecule has 2 aliphatic heterocycles. The van der Waals surface area contributed by atoms with Gasteiger partial charge < -0.3 is 15.0 Å². The van der Waals surface area contributed by atoms with Crippen molar-refractivity contribution in [2.24, 2.45) is 4.99 Å². The molecule has 0 amide bonds. The van der Waals surface area contributed by atoms with E-state index in [-0.39, 0.29) is 6.04 Å². The van der Waals surface area contributed by atoms with Crippen LogP contribution in [0.1, 0.15) is 24.5 Å². The molecule has 0 aliphatic carbocycles. The molecule has 0 aromatic heterocycles. The van der Waals surface area contributed by atoms with E-state index in [9.17, 15) is 17.6 Å². The van der Waals surface area contributed by atoms with Gasteiger partial charge in [-0.05, 0) is 43.3 Å². The topological polar surface area (TPSA) is 40.1 Å². The lowest BCUT2D eigenvalue weighted by Crippen LogP contribution is -2.55. The highest BCUT2D eigenvalue weighted by atomic mass is 19.4. The van der Waals surface area contributed by atoms with Crippen molar-refractivity contribution in [2.45, 2.75) is 25.6 Å². The lowest BCUT2D eigenvalue weighted by Gasteiger charge is -2.42. The summed E-state index contributed by atoms with van der Waals surface area (Å²) in [7, 11) is 1.65. The normalized spacial score (nSPS) is 19.0. The molecule has 1 atom stereocenters. The second-order valence-corrected chi connectivity index (χ2v) is 7.99. The summed E-state index contributed by atoms with van der Waals surface area (Å²) in [6.07, 6.45) is -3.68. The zero-order valence-corrected chi connectivity index (χ0v) is 18.0. The second-order valence-electron chi connectivity index (χ2n) is 7.99. The quantitative estimate of drug-likeness (QED) is 0.664. The summed E-state index contributed by atoms with van der Waals surface area (Å²) in [5, 5.41) is 3.14. The lowest BCUT2D eigenvalue weighted by atomic mass is 10.0. The van der Waals surface area contributed by atoms with E-state index in [1.807, 2.05) is 4.90 Å². The second kappa shape index (κ2) is 9.07. The molecule has 1 saturated heterocycles. The van der Waals surface area contributed by atoms with Gasteiger partial charge in [0, 0.05) is 56.7 Å². The van der Waals surface area contributed by atoms with Gasteiger partial charge in [-0.15, -0.1) is 0 Å². The van der Waals surface area contributed by atoms with E-state index in [2.05, 4.69) is 22.1 Å². The SMILES string of the molecule is CCN1CCN(C2=Nc3cc(F)ccc3Nc3ccc(C(F)(F)F)cc32)C[C@@H]1CCOC. The minimum absolute atomic E-state index is 0.175.